The molecule has 2 aromatic rings. The van der Waals surface area contributed by atoms with Crippen LogP contribution in [0.15, 0.2) is 30.6 Å². The third kappa shape index (κ3) is 2.31. The van der Waals surface area contributed by atoms with Crippen LogP contribution >= 0.6 is 11.6 Å². The van der Waals surface area contributed by atoms with Gasteiger partial charge in [0, 0.05) is 10.6 Å². The largest absolute Gasteiger partial charge is 0.386 e. The molecule has 0 amide bonds. The normalized spacial score (nSPS) is 12.7. The smallest absolute Gasteiger partial charge is 0.162 e. The van der Waals surface area contributed by atoms with Crippen molar-refractivity contribution in [3.63, 3.8) is 0 Å². The highest BCUT2D eigenvalue weighted by Gasteiger charge is 2.12. The second-order valence-corrected chi connectivity index (χ2v) is 3.44. The van der Waals surface area contributed by atoms with Gasteiger partial charge in [-0.1, -0.05) is 29.8 Å². The maximum absolute atomic E-state index is 9.86. The SMILES string of the molecule is OC(Cn1ncnn1)c1ccccc1Cl. The van der Waals surface area contributed by atoms with E-state index in [-0.39, 0.29) is 6.54 Å². The number of tetrazole rings is 1. The van der Waals surface area contributed by atoms with Crippen molar-refractivity contribution >= 4 is 11.6 Å². The molecule has 1 unspecified atom stereocenters. The molecule has 6 heteroatoms. The molecule has 1 N–H and O–H groups in total. The van der Waals surface area contributed by atoms with Gasteiger partial charge in [-0.3, -0.25) is 0 Å². The second-order valence-electron chi connectivity index (χ2n) is 3.03. The Balaban J connectivity index is 2.15. The van der Waals surface area contributed by atoms with Gasteiger partial charge < -0.3 is 5.11 Å². The highest BCUT2D eigenvalue weighted by molar-refractivity contribution is 6.31. The molecule has 15 heavy (non-hydrogen) atoms. The summed E-state index contributed by atoms with van der Waals surface area (Å²) in [5.41, 5.74) is 0.663. The predicted molar refractivity (Wildman–Crippen MR) is 54.2 cm³/mol. The first-order valence-corrected chi connectivity index (χ1v) is 4.78. The van der Waals surface area contributed by atoms with Gasteiger partial charge in [0.2, 0.25) is 0 Å². The van der Waals surface area contributed by atoms with Crippen molar-refractivity contribution in [2.75, 3.05) is 0 Å². The number of benzene rings is 1. The molecule has 1 aromatic heterocycles. The van der Waals surface area contributed by atoms with Crippen molar-refractivity contribution in [3.05, 3.63) is 41.2 Å². The molecule has 5 nitrogen and oxygen atoms in total. The summed E-state index contributed by atoms with van der Waals surface area (Å²) in [4.78, 5) is 1.31. The Morgan fingerprint density at radius 1 is 1.40 bits per heavy atom. The minimum Gasteiger partial charge on any atom is -0.386 e. The van der Waals surface area contributed by atoms with Crippen LogP contribution in [-0.4, -0.2) is 25.3 Å². The van der Waals surface area contributed by atoms with E-state index in [4.69, 9.17) is 11.6 Å². The summed E-state index contributed by atoms with van der Waals surface area (Å²) in [5, 5.41) is 21.4. The van der Waals surface area contributed by atoms with E-state index in [9.17, 15) is 5.11 Å². The quantitative estimate of drug-likeness (QED) is 0.847. The molecule has 2 rings (SSSR count). The van der Waals surface area contributed by atoms with Gasteiger partial charge in [-0.05, 0) is 11.3 Å². The molecule has 0 radical (unpaired) electrons. The summed E-state index contributed by atoms with van der Waals surface area (Å²) in [6, 6.07) is 7.13. The highest BCUT2D eigenvalue weighted by Crippen LogP contribution is 2.22. The standard InChI is InChI=1S/C9H9ClN4O/c10-8-4-2-1-3-7(8)9(15)5-14-12-6-11-13-14/h1-4,6,9,15H,5H2. The third-order valence-corrected chi connectivity index (χ3v) is 2.34. The average molecular weight is 225 g/mol. The summed E-state index contributed by atoms with van der Waals surface area (Å²) in [5.74, 6) is 0. The van der Waals surface area contributed by atoms with E-state index in [1.165, 1.54) is 11.1 Å². The van der Waals surface area contributed by atoms with Crippen molar-refractivity contribution in [1.29, 1.82) is 0 Å². The molecule has 0 bridgehead atoms. The molecular weight excluding hydrogens is 216 g/mol. The van der Waals surface area contributed by atoms with Crippen LogP contribution in [-0.2, 0) is 6.54 Å². The Kier molecular flexibility index (Phi) is 2.94. The molecule has 0 aliphatic carbocycles. The van der Waals surface area contributed by atoms with E-state index in [2.05, 4.69) is 15.4 Å². The fourth-order valence-electron chi connectivity index (χ4n) is 1.27. The van der Waals surface area contributed by atoms with Crippen LogP contribution in [0, 0.1) is 0 Å². The Morgan fingerprint density at radius 2 is 2.20 bits per heavy atom. The lowest BCUT2D eigenvalue weighted by Gasteiger charge is -2.10. The van der Waals surface area contributed by atoms with Gasteiger partial charge in [0.1, 0.15) is 6.10 Å². The first-order chi connectivity index (χ1) is 7.27. The lowest BCUT2D eigenvalue weighted by atomic mass is 10.1. The van der Waals surface area contributed by atoms with Crippen molar-refractivity contribution in [3.8, 4) is 0 Å². The maximum atomic E-state index is 9.86. The number of aliphatic hydroxyl groups is 1. The topological polar surface area (TPSA) is 63.8 Å². The van der Waals surface area contributed by atoms with Crippen LogP contribution in [0.25, 0.3) is 0 Å². The molecule has 1 aromatic carbocycles. The Hall–Kier alpha value is -1.46. The molecule has 0 aliphatic heterocycles. The van der Waals surface area contributed by atoms with Crippen molar-refractivity contribution < 1.29 is 5.11 Å². The van der Waals surface area contributed by atoms with Crippen molar-refractivity contribution in [2.45, 2.75) is 12.6 Å². The monoisotopic (exact) mass is 224 g/mol. The summed E-state index contributed by atoms with van der Waals surface area (Å²) in [6.45, 7) is 0.240. The van der Waals surface area contributed by atoms with E-state index in [1.807, 2.05) is 12.1 Å². The van der Waals surface area contributed by atoms with Crippen LogP contribution in [0.2, 0.25) is 5.02 Å². The average Bonchev–Trinajstić information content (AvgIpc) is 2.71. The van der Waals surface area contributed by atoms with E-state index in [0.29, 0.717) is 10.6 Å². The van der Waals surface area contributed by atoms with Crippen LogP contribution in [0.5, 0.6) is 0 Å². The van der Waals surface area contributed by atoms with Crippen LogP contribution in [0.1, 0.15) is 11.7 Å². The molecule has 1 atom stereocenters. The molecule has 0 aliphatic rings. The molecule has 1 heterocycles. The van der Waals surface area contributed by atoms with Crippen LogP contribution in [0.4, 0.5) is 0 Å². The number of rotatable bonds is 3. The number of hydrogen-bond donors (Lipinski definition) is 1. The van der Waals surface area contributed by atoms with E-state index >= 15 is 0 Å². The summed E-state index contributed by atoms with van der Waals surface area (Å²) >= 11 is 5.93. The molecule has 0 fully saturated rings. The zero-order valence-corrected chi connectivity index (χ0v) is 8.54. The molecule has 78 valence electrons. The van der Waals surface area contributed by atoms with Crippen LogP contribution in [0.3, 0.4) is 0 Å². The Morgan fingerprint density at radius 3 is 2.87 bits per heavy atom. The summed E-state index contributed by atoms with van der Waals surface area (Å²) in [7, 11) is 0. The minimum atomic E-state index is -0.729. The highest BCUT2D eigenvalue weighted by atomic mass is 35.5. The first kappa shape index (κ1) is 10.1. The zero-order valence-electron chi connectivity index (χ0n) is 7.79. The third-order valence-electron chi connectivity index (χ3n) is 1.99. The fraction of sp³-hybridized carbons (Fsp3) is 0.222. The van der Waals surface area contributed by atoms with E-state index in [0.717, 1.165) is 0 Å². The summed E-state index contributed by atoms with van der Waals surface area (Å²) in [6.07, 6.45) is 0.590. The van der Waals surface area contributed by atoms with E-state index in [1.54, 1.807) is 12.1 Å². The molecule has 0 saturated carbocycles. The van der Waals surface area contributed by atoms with Gasteiger partial charge in [0.25, 0.3) is 0 Å². The minimum absolute atomic E-state index is 0.240. The molecular formula is C9H9ClN4O. The van der Waals surface area contributed by atoms with Gasteiger partial charge in [0.05, 0.1) is 6.54 Å². The van der Waals surface area contributed by atoms with Gasteiger partial charge >= 0.3 is 0 Å². The maximum Gasteiger partial charge on any atom is 0.162 e. The van der Waals surface area contributed by atoms with Crippen molar-refractivity contribution in [1.82, 2.24) is 20.2 Å². The summed E-state index contributed by atoms with van der Waals surface area (Å²) < 4.78 is 0. The Bertz CT molecular complexity index is 431. The lowest BCUT2D eigenvalue weighted by molar-refractivity contribution is 0.144. The van der Waals surface area contributed by atoms with Gasteiger partial charge in [-0.15, -0.1) is 10.2 Å². The van der Waals surface area contributed by atoms with E-state index < -0.39 is 6.10 Å². The second kappa shape index (κ2) is 4.37. The van der Waals surface area contributed by atoms with Gasteiger partial charge in [-0.25, -0.2) is 0 Å². The van der Waals surface area contributed by atoms with Gasteiger partial charge in [-0.2, -0.15) is 4.80 Å². The molecule has 0 spiro atoms. The number of halogens is 1. The zero-order chi connectivity index (χ0) is 10.7. The first-order valence-electron chi connectivity index (χ1n) is 4.40. The van der Waals surface area contributed by atoms with Gasteiger partial charge in [0.15, 0.2) is 6.33 Å². The number of hydrogen-bond acceptors (Lipinski definition) is 4. The predicted octanol–water partition coefficient (Wildman–Crippen LogP) is 1.06. The number of aromatic nitrogens is 4. The van der Waals surface area contributed by atoms with Crippen LogP contribution < -0.4 is 0 Å². The number of nitrogens with zero attached hydrogens (tertiary/aromatic N) is 4. The van der Waals surface area contributed by atoms with Crippen molar-refractivity contribution in [2.24, 2.45) is 0 Å². The fourth-order valence-corrected chi connectivity index (χ4v) is 1.53. The molecule has 0 saturated heterocycles. The Labute approximate surface area is 91.3 Å². The number of aliphatic hydroxyl groups excluding tert-OH is 1. The lowest BCUT2D eigenvalue weighted by Crippen LogP contribution is -2.11.